The molecule has 2 atom stereocenters. The number of rotatable bonds is 6. The average Bonchev–Trinajstić information content (AvgIpc) is 3.02. The lowest BCUT2D eigenvalue weighted by atomic mass is 10.1. The Labute approximate surface area is 135 Å². The van der Waals surface area contributed by atoms with Gasteiger partial charge in [-0.1, -0.05) is 23.4 Å². The van der Waals surface area contributed by atoms with Crippen LogP contribution in [0.1, 0.15) is 22.1 Å². The first-order chi connectivity index (χ1) is 10.1. The van der Waals surface area contributed by atoms with Gasteiger partial charge >= 0.3 is 0 Å². The van der Waals surface area contributed by atoms with Gasteiger partial charge in [0, 0.05) is 28.6 Å². The van der Waals surface area contributed by atoms with Gasteiger partial charge in [0.2, 0.25) is 0 Å². The highest BCUT2D eigenvalue weighted by Crippen LogP contribution is 2.40. The maximum atomic E-state index is 9.18. The van der Waals surface area contributed by atoms with Gasteiger partial charge in [0.15, 0.2) is 0 Å². The zero-order chi connectivity index (χ0) is 15.2. The summed E-state index contributed by atoms with van der Waals surface area (Å²) < 4.78 is 0. The molecule has 0 amide bonds. The van der Waals surface area contributed by atoms with E-state index in [1.54, 1.807) is 17.8 Å². The summed E-state index contributed by atoms with van der Waals surface area (Å²) in [5.41, 5.74) is 8.02. The SMILES string of the molecule is N#Cc1cc(Cl)cnc1SC(CC(N)CO)c1cncs1. The van der Waals surface area contributed by atoms with Crippen LogP contribution in [-0.4, -0.2) is 27.7 Å². The van der Waals surface area contributed by atoms with Crippen molar-refractivity contribution in [2.24, 2.45) is 5.73 Å². The van der Waals surface area contributed by atoms with E-state index < -0.39 is 0 Å². The number of thioether (sulfide) groups is 1. The molecule has 2 heterocycles. The van der Waals surface area contributed by atoms with Gasteiger partial charge in [-0.05, 0) is 12.5 Å². The molecule has 5 nitrogen and oxygen atoms in total. The van der Waals surface area contributed by atoms with E-state index in [4.69, 9.17) is 22.4 Å². The molecule has 0 aliphatic rings. The molecule has 0 radical (unpaired) electrons. The highest BCUT2D eigenvalue weighted by atomic mass is 35.5. The topological polar surface area (TPSA) is 95.8 Å². The van der Waals surface area contributed by atoms with Crippen LogP contribution in [0.25, 0.3) is 0 Å². The molecule has 0 saturated carbocycles. The Morgan fingerprint density at radius 1 is 1.52 bits per heavy atom. The second-order valence-corrected chi connectivity index (χ2v) is 6.85. The van der Waals surface area contributed by atoms with Crippen molar-refractivity contribution in [3.05, 3.63) is 39.4 Å². The first-order valence-electron chi connectivity index (χ1n) is 6.11. The van der Waals surface area contributed by atoms with Gasteiger partial charge in [0.25, 0.3) is 0 Å². The van der Waals surface area contributed by atoms with Crippen molar-refractivity contribution in [2.75, 3.05) is 6.61 Å². The van der Waals surface area contributed by atoms with E-state index in [1.165, 1.54) is 29.3 Å². The van der Waals surface area contributed by atoms with Crippen LogP contribution in [0.4, 0.5) is 0 Å². The Balaban J connectivity index is 2.25. The summed E-state index contributed by atoms with van der Waals surface area (Å²) in [6.45, 7) is -0.0883. The van der Waals surface area contributed by atoms with Gasteiger partial charge in [-0.15, -0.1) is 11.3 Å². The lowest BCUT2D eigenvalue weighted by Crippen LogP contribution is -2.25. The molecule has 2 unspecified atom stereocenters. The molecule has 0 aliphatic heterocycles. The summed E-state index contributed by atoms with van der Waals surface area (Å²) in [5.74, 6) is 0. The zero-order valence-electron chi connectivity index (χ0n) is 10.9. The van der Waals surface area contributed by atoms with E-state index in [0.717, 1.165) is 4.88 Å². The smallest absolute Gasteiger partial charge is 0.114 e. The highest BCUT2D eigenvalue weighted by molar-refractivity contribution is 7.99. The van der Waals surface area contributed by atoms with Crippen LogP contribution in [-0.2, 0) is 0 Å². The summed E-state index contributed by atoms with van der Waals surface area (Å²) in [7, 11) is 0. The molecule has 8 heteroatoms. The van der Waals surface area contributed by atoms with E-state index in [9.17, 15) is 5.26 Å². The summed E-state index contributed by atoms with van der Waals surface area (Å²) >= 11 is 8.81. The molecule has 0 aromatic carbocycles. The van der Waals surface area contributed by atoms with Crippen LogP contribution in [0, 0.1) is 11.3 Å². The van der Waals surface area contributed by atoms with Crippen LogP contribution < -0.4 is 5.73 Å². The number of hydrogen-bond acceptors (Lipinski definition) is 7. The second kappa shape index (κ2) is 7.73. The molecule has 0 saturated heterocycles. The minimum absolute atomic E-state index is 0.0135. The molecule has 0 bridgehead atoms. The Morgan fingerprint density at radius 2 is 2.33 bits per heavy atom. The number of aromatic nitrogens is 2. The number of hydrogen-bond donors (Lipinski definition) is 2. The summed E-state index contributed by atoms with van der Waals surface area (Å²) in [5, 5.41) is 19.3. The lowest BCUT2D eigenvalue weighted by Gasteiger charge is -2.18. The van der Waals surface area contributed by atoms with Gasteiger partial charge in [-0.25, -0.2) is 4.98 Å². The molecule has 0 aliphatic carbocycles. The third kappa shape index (κ3) is 4.40. The average molecular weight is 341 g/mol. The third-order valence-corrected chi connectivity index (χ3v) is 5.24. The zero-order valence-corrected chi connectivity index (χ0v) is 13.3. The Kier molecular flexibility index (Phi) is 5.96. The van der Waals surface area contributed by atoms with Gasteiger partial charge in [0.1, 0.15) is 11.1 Å². The molecule has 2 rings (SSSR count). The van der Waals surface area contributed by atoms with Gasteiger partial charge in [-0.3, -0.25) is 4.98 Å². The van der Waals surface area contributed by atoms with Gasteiger partial charge < -0.3 is 10.8 Å². The molecule has 110 valence electrons. The van der Waals surface area contributed by atoms with E-state index >= 15 is 0 Å². The molecule has 0 fully saturated rings. The maximum Gasteiger partial charge on any atom is 0.114 e. The number of pyridine rings is 1. The Hall–Kier alpha value is -1.17. The van der Waals surface area contributed by atoms with Gasteiger partial charge in [-0.2, -0.15) is 5.26 Å². The molecular weight excluding hydrogens is 328 g/mol. The fourth-order valence-corrected chi connectivity index (χ4v) is 3.91. The van der Waals surface area contributed by atoms with Gasteiger partial charge in [0.05, 0.1) is 22.7 Å². The Morgan fingerprint density at radius 3 is 2.95 bits per heavy atom. The minimum atomic E-state index is -0.331. The molecule has 3 N–H and O–H groups in total. The molecule has 0 spiro atoms. The summed E-state index contributed by atoms with van der Waals surface area (Å²) in [4.78, 5) is 9.32. The fourth-order valence-electron chi connectivity index (χ4n) is 1.69. The van der Waals surface area contributed by atoms with Crippen LogP contribution >= 0.6 is 34.7 Å². The normalized spacial score (nSPS) is 13.6. The largest absolute Gasteiger partial charge is 0.395 e. The first-order valence-corrected chi connectivity index (χ1v) is 8.25. The number of aliphatic hydroxyl groups excluding tert-OH is 1. The number of nitrogens with two attached hydrogens (primary N) is 1. The van der Waals surface area contributed by atoms with E-state index in [-0.39, 0.29) is 17.9 Å². The number of halogens is 1. The van der Waals surface area contributed by atoms with Crippen LogP contribution in [0.3, 0.4) is 0 Å². The molecule has 2 aromatic rings. The summed E-state index contributed by atoms with van der Waals surface area (Å²) in [6.07, 6.45) is 3.85. The maximum absolute atomic E-state index is 9.18. The quantitative estimate of drug-likeness (QED) is 0.785. The number of aliphatic hydroxyl groups is 1. The number of nitriles is 1. The molecule has 2 aromatic heterocycles. The number of thiazole rings is 1. The van der Waals surface area contributed by atoms with Crippen LogP contribution in [0.5, 0.6) is 0 Å². The van der Waals surface area contributed by atoms with Crippen molar-refractivity contribution < 1.29 is 5.11 Å². The minimum Gasteiger partial charge on any atom is -0.395 e. The van der Waals surface area contributed by atoms with Crippen molar-refractivity contribution in [1.82, 2.24) is 9.97 Å². The van der Waals surface area contributed by atoms with E-state index in [1.807, 2.05) is 0 Å². The van der Waals surface area contributed by atoms with E-state index in [2.05, 4.69) is 16.0 Å². The van der Waals surface area contributed by atoms with Crippen molar-refractivity contribution in [3.8, 4) is 6.07 Å². The Bertz CT molecular complexity index is 630. The van der Waals surface area contributed by atoms with Crippen molar-refractivity contribution in [3.63, 3.8) is 0 Å². The molecule has 21 heavy (non-hydrogen) atoms. The third-order valence-electron chi connectivity index (χ3n) is 2.71. The van der Waals surface area contributed by atoms with E-state index in [0.29, 0.717) is 22.0 Å². The van der Waals surface area contributed by atoms with Crippen LogP contribution in [0.2, 0.25) is 5.02 Å². The highest BCUT2D eigenvalue weighted by Gasteiger charge is 2.20. The monoisotopic (exact) mass is 340 g/mol. The predicted molar refractivity (Wildman–Crippen MR) is 84.4 cm³/mol. The fraction of sp³-hybridized carbons (Fsp3) is 0.308. The number of nitrogens with zero attached hydrogens (tertiary/aromatic N) is 3. The van der Waals surface area contributed by atoms with Crippen molar-refractivity contribution in [1.29, 1.82) is 5.26 Å². The molecular formula is C13H13ClN4OS2. The second-order valence-electron chi connectivity index (χ2n) is 4.31. The first kappa shape index (κ1) is 16.2. The predicted octanol–water partition coefficient (Wildman–Crippen LogP) is 2.61. The van der Waals surface area contributed by atoms with Crippen molar-refractivity contribution in [2.45, 2.75) is 22.7 Å². The van der Waals surface area contributed by atoms with Crippen LogP contribution in [0.15, 0.2) is 29.0 Å². The standard InChI is InChI=1S/C13H13ClN4OS2/c14-9-1-8(3-15)13(18-4-9)21-11(2-10(16)6-19)12-5-17-7-20-12/h1,4-5,7,10-11,19H,2,6,16H2. The lowest BCUT2D eigenvalue weighted by molar-refractivity contribution is 0.260. The summed E-state index contributed by atoms with van der Waals surface area (Å²) in [6, 6.07) is 3.35. The van der Waals surface area contributed by atoms with Crippen molar-refractivity contribution >= 4 is 34.7 Å².